The highest BCUT2D eigenvalue weighted by atomic mass is 14.6. The molecule has 1 aromatic rings. The maximum atomic E-state index is 6.22. The Balaban J connectivity index is 2.60. The van der Waals surface area contributed by atoms with Crippen molar-refractivity contribution in [1.82, 2.24) is 0 Å². The first-order valence-electron chi connectivity index (χ1n) is 6.87. The Bertz CT molecular complexity index is 313. The van der Waals surface area contributed by atoms with Crippen molar-refractivity contribution in [2.75, 3.05) is 0 Å². The molecule has 0 aliphatic rings. The molecule has 0 heterocycles. The van der Waals surface area contributed by atoms with Gasteiger partial charge in [-0.15, -0.1) is 0 Å². The molecule has 96 valence electrons. The maximum Gasteiger partial charge on any atom is 0.0297 e. The monoisotopic (exact) mass is 233 g/mol. The first kappa shape index (κ1) is 14.2. The summed E-state index contributed by atoms with van der Waals surface area (Å²) in [5.41, 5.74) is 8.91. The summed E-state index contributed by atoms with van der Waals surface area (Å²) >= 11 is 0. The van der Waals surface area contributed by atoms with Gasteiger partial charge in [-0.25, -0.2) is 0 Å². The molecular weight excluding hydrogens is 206 g/mol. The van der Waals surface area contributed by atoms with Gasteiger partial charge in [-0.2, -0.15) is 0 Å². The van der Waals surface area contributed by atoms with Crippen LogP contribution >= 0.6 is 0 Å². The predicted molar refractivity (Wildman–Crippen MR) is 76.0 cm³/mol. The fourth-order valence-corrected chi connectivity index (χ4v) is 2.11. The Labute approximate surface area is 106 Å². The quantitative estimate of drug-likeness (QED) is 0.778. The molecule has 2 atom stereocenters. The average molecular weight is 233 g/mol. The van der Waals surface area contributed by atoms with Gasteiger partial charge in [0.05, 0.1) is 0 Å². The van der Waals surface area contributed by atoms with Gasteiger partial charge in [-0.1, -0.05) is 58.4 Å². The molecule has 0 radical (unpaired) electrons. The van der Waals surface area contributed by atoms with E-state index in [9.17, 15) is 0 Å². The van der Waals surface area contributed by atoms with Crippen LogP contribution < -0.4 is 5.73 Å². The summed E-state index contributed by atoms with van der Waals surface area (Å²) in [5.74, 6) is 1.43. The topological polar surface area (TPSA) is 26.0 Å². The lowest BCUT2D eigenvalue weighted by molar-refractivity contribution is 0.461. The van der Waals surface area contributed by atoms with Crippen LogP contribution in [0, 0.1) is 11.8 Å². The minimum absolute atomic E-state index is 0.193. The summed E-state index contributed by atoms with van der Waals surface area (Å²) in [6.07, 6.45) is 3.44. The Hall–Kier alpha value is -0.820. The summed E-state index contributed by atoms with van der Waals surface area (Å²) in [6.45, 7) is 9.00. The molecule has 0 aliphatic carbocycles. The second-order valence-corrected chi connectivity index (χ2v) is 5.70. The molecule has 0 aromatic heterocycles. The first-order valence-corrected chi connectivity index (χ1v) is 6.87. The van der Waals surface area contributed by atoms with Crippen LogP contribution in [0.5, 0.6) is 0 Å². The molecule has 0 aliphatic heterocycles. The minimum Gasteiger partial charge on any atom is -0.324 e. The third kappa shape index (κ3) is 4.91. The number of hydrogen-bond acceptors (Lipinski definition) is 1. The van der Waals surface area contributed by atoms with E-state index < -0.39 is 0 Å². The molecule has 0 saturated heterocycles. The van der Waals surface area contributed by atoms with E-state index in [-0.39, 0.29) is 6.04 Å². The van der Waals surface area contributed by atoms with Gasteiger partial charge in [0.15, 0.2) is 0 Å². The van der Waals surface area contributed by atoms with Crippen molar-refractivity contribution in [1.29, 1.82) is 0 Å². The zero-order valence-corrected chi connectivity index (χ0v) is 11.7. The molecule has 0 saturated carbocycles. The van der Waals surface area contributed by atoms with Crippen LogP contribution in [0.3, 0.4) is 0 Å². The second-order valence-electron chi connectivity index (χ2n) is 5.70. The van der Waals surface area contributed by atoms with Gasteiger partial charge in [-0.05, 0) is 35.8 Å². The van der Waals surface area contributed by atoms with E-state index in [2.05, 4.69) is 52.0 Å². The first-order chi connectivity index (χ1) is 8.02. The van der Waals surface area contributed by atoms with E-state index in [0.717, 1.165) is 18.8 Å². The van der Waals surface area contributed by atoms with Gasteiger partial charge < -0.3 is 5.73 Å². The van der Waals surface area contributed by atoms with Crippen molar-refractivity contribution >= 4 is 0 Å². The molecule has 0 bridgehead atoms. The molecule has 2 N–H and O–H groups in total. The molecule has 0 amide bonds. The molecule has 17 heavy (non-hydrogen) atoms. The van der Waals surface area contributed by atoms with Crippen molar-refractivity contribution < 1.29 is 0 Å². The lowest BCUT2D eigenvalue weighted by Crippen LogP contribution is -2.13. The van der Waals surface area contributed by atoms with E-state index in [4.69, 9.17) is 5.73 Å². The molecular formula is C16H27N. The van der Waals surface area contributed by atoms with Crippen molar-refractivity contribution in [3.8, 4) is 0 Å². The fraction of sp³-hybridized carbons (Fsp3) is 0.625. The Morgan fingerprint density at radius 1 is 1.06 bits per heavy atom. The van der Waals surface area contributed by atoms with Gasteiger partial charge in [-0.3, -0.25) is 0 Å². The highest BCUT2D eigenvalue weighted by Crippen LogP contribution is 2.21. The number of hydrogen-bond donors (Lipinski definition) is 1. The third-order valence-electron chi connectivity index (χ3n) is 3.41. The van der Waals surface area contributed by atoms with E-state index in [1.807, 2.05) is 0 Å². The number of rotatable bonds is 6. The van der Waals surface area contributed by atoms with Gasteiger partial charge in [0, 0.05) is 6.04 Å². The van der Waals surface area contributed by atoms with Crippen LogP contribution in [0.15, 0.2) is 24.3 Å². The largest absolute Gasteiger partial charge is 0.324 e. The van der Waals surface area contributed by atoms with Crippen LogP contribution in [0.4, 0.5) is 0 Å². The Kier molecular flexibility index (Phi) is 5.70. The summed E-state index contributed by atoms with van der Waals surface area (Å²) in [7, 11) is 0. The van der Waals surface area contributed by atoms with Crippen LogP contribution in [0.1, 0.15) is 57.7 Å². The molecule has 0 fully saturated rings. The lowest BCUT2D eigenvalue weighted by Gasteiger charge is -2.16. The molecule has 1 aromatic carbocycles. The zero-order valence-electron chi connectivity index (χ0n) is 11.7. The molecule has 1 heteroatoms. The highest BCUT2D eigenvalue weighted by Gasteiger charge is 2.09. The van der Waals surface area contributed by atoms with E-state index in [0.29, 0.717) is 5.92 Å². The number of benzene rings is 1. The summed E-state index contributed by atoms with van der Waals surface area (Å²) in [6, 6.07) is 9.05. The van der Waals surface area contributed by atoms with Crippen molar-refractivity contribution in [2.45, 2.75) is 53.0 Å². The SMILES string of the molecule is CCC(C)CC(N)c1ccc(CC(C)C)cc1. The van der Waals surface area contributed by atoms with Gasteiger partial charge in [0.2, 0.25) is 0 Å². The fourth-order valence-electron chi connectivity index (χ4n) is 2.11. The molecule has 2 unspecified atom stereocenters. The minimum atomic E-state index is 0.193. The Morgan fingerprint density at radius 3 is 2.12 bits per heavy atom. The third-order valence-corrected chi connectivity index (χ3v) is 3.41. The van der Waals surface area contributed by atoms with Crippen molar-refractivity contribution in [3.05, 3.63) is 35.4 Å². The molecule has 1 nitrogen and oxygen atoms in total. The standard InChI is InChI=1S/C16H27N/c1-5-13(4)11-16(17)15-8-6-14(7-9-15)10-12(2)3/h6-9,12-13,16H,5,10-11,17H2,1-4H3. The van der Waals surface area contributed by atoms with Crippen molar-refractivity contribution in [2.24, 2.45) is 17.6 Å². The lowest BCUT2D eigenvalue weighted by atomic mass is 9.93. The van der Waals surface area contributed by atoms with Gasteiger partial charge in [0.25, 0.3) is 0 Å². The van der Waals surface area contributed by atoms with Crippen LogP contribution in [0.2, 0.25) is 0 Å². The van der Waals surface area contributed by atoms with Crippen molar-refractivity contribution in [3.63, 3.8) is 0 Å². The van der Waals surface area contributed by atoms with E-state index in [1.54, 1.807) is 0 Å². The van der Waals surface area contributed by atoms with Crippen LogP contribution in [0.25, 0.3) is 0 Å². The number of nitrogens with two attached hydrogens (primary N) is 1. The smallest absolute Gasteiger partial charge is 0.0297 e. The Morgan fingerprint density at radius 2 is 1.65 bits per heavy atom. The summed E-state index contributed by atoms with van der Waals surface area (Å²) in [5, 5.41) is 0. The van der Waals surface area contributed by atoms with E-state index >= 15 is 0 Å². The predicted octanol–water partition coefficient (Wildman–Crippen LogP) is 4.32. The summed E-state index contributed by atoms with van der Waals surface area (Å²) in [4.78, 5) is 0. The zero-order chi connectivity index (χ0) is 12.8. The average Bonchev–Trinajstić information content (AvgIpc) is 2.28. The molecule has 1 rings (SSSR count). The van der Waals surface area contributed by atoms with E-state index in [1.165, 1.54) is 17.5 Å². The van der Waals surface area contributed by atoms with Crippen LogP contribution in [-0.4, -0.2) is 0 Å². The van der Waals surface area contributed by atoms with Gasteiger partial charge >= 0.3 is 0 Å². The molecule has 0 spiro atoms. The highest BCUT2D eigenvalue weighted by molar-refractivity contribution is 5.25. The van der Waals surface area contributed by atoms with Crippen LogP contribution in [-0.2, 0) is 6.42 Å². The summed E-state index contributed by atoms with van der Waals surface area (Å²) < 4.78 is 0. The second kappa shape index (κ2) is 6.80. The maximum absolute atomic E-state index is 6.22. The normalized spacial score (nSPS) is 14.9. The van der Waals surface area contributed by atoms with Gasteiger partial charge in [0.1, 0.15) is 0 Å².